The van der Waals surface area contributed by atoms with Crippen molar-refractivity contribution in [3.63, 3.8) is 0 Å². The first-order valence-electron chi connectivity index (χ1n) is 9.86. The van der Waals surface area contributed by atoms with Crippen molar-refractivity contribution in [2.24, 2.45) is 5.92 Å². The number of halogens is 2. The average molecular weight is 435 g/mol. The van der Waals surface area contributed by atoms with Gasteiger partial charge in [-0.15, -0.1) is 0 Å². The number of benzene rings is 2. The van der Waals surface area contributed by atoms with Gasteiger partial charge in [-0.1, -0.05) is 43.6 Å². The molecule has 1 atom stereocenters. The molecule has 0 saturated carbocycles. The fourth-order valence-corrected chi connectivity index (χ4v) is 3.15. The van der Waals surface area contributed by atoms with Crippen molar-refractivity contribution in [3.05, 3.63) is 64.4 Å². The third-order valence-corrected chi connectivity index (χ3v) is 5.11. The predicted octanol–water partition coefficient (Wildman–Crippen LogP) is 4.22. The molecule has 0 aliphatic rings. The van der Waals surface area contributed by atoms with Gasteiger partial charge in [0.15, 0.2) is 0 Å². The van der Waals surface area contributed by atoms with Crippen molar-refractivity contribution in [2.75, 3.05) is 13.7 Å². The van der Waals surface area contributed by atoms with Gasteiger partial charge >= 0.3 is 0 Å². The second-order valence-corrected chi connectivity index (χ2v) is 7.97. The molecule has 0 spiro atoms. The van der Waals surface area contributed by atoms with Crippen molar-refractivity contribution >= 4 is 23.4 Å². The molecule has 0 radical (unpaired) electrons. The first-order chi connectivity index (χ1) is 14.2. The average Bonchev–Trinajstić information content (AvgIpc) is 2.72. The molecule has 0 fully saturated rings. The van der Waals surface area contributed by atoms with Crippen LogP contribution in [0.1, 0.15) is 31.9 Å². The Kier molecular flexibility index (Phi) is 8.66. The van der Waals surface area contributed by atoms with Crippen LogP contribution in [0.4, 0.5) is 4.39 Å². The maximum absolute atomic E-state index is 14.2. The Morgan fingerprint density at radius 3 is 2.37 bits per heavy atom. The quantitative estimate of drug-likeness (QED) is 0.642. The van der Waals surface area contributed by atoms with Gasteiger partial charge in [-0.05, 0) is 42.7 Å². The summed E-state index contributed by atoms with van der Waals surface area (Å²) in [5.41, 5.74) is 0.950. The topological polar surface area (TPSA) is 58.6 Å². The summed E-state index contributed by atoms with van der Waals surface area (Å²) < 4.78 is 19.4. The zero-order valence-electron chi connectivity index (χ0n) is 17.7. The SMILES string of the molecule is COc1ccc(CN(C(=O)Cc2c(F)cccc2Cl)[C@H](C)C(=O)NCC(C)C)cc1. The van der Waals surface area contributed by atoms with Crippen LogP contribution >= 0.6 is 11.6 Å². The first-order valence-corrected chi connectivity index (χ1v) is 10.2. The summed E-state index contributed by atoms with van der Waals surface area (Å²) in [6, 6.07) is 10.8. The van der Waals surface area contributed by atoms with Crippen molar-refractivity contribution in [1.82, 2.24) is 10.2 Å². The summed E-state index contributed by atoms with van der Waals surface area (Å²) in [6.45, 7) is 6.36. The van der Waals surface area contributed by atoms with Crippen molar-refractivity contribution in [1.29, 1.82) is 0 Å². The lowest BCUT2D eigenvalue weighted by Gasteiger charge is -2.29. The molecular formula is C23H28ClFN2O3. The fraction of sp³-hybridized carbons (Fsp3) is 0.391. The van der Waals surface area contributed by atoms with Crippen LogP contribution in [0, 0.1) is 11.7 Å². The summed E-state index contributed by atoms with van der Waals surface area (Å²) in [5.74, 6) is -0.214. The van der Waals surface area contributed by atoms with E-state index < -0.39 is 11.9 Å². The molecule has 0 heterocycles. The lowest BCUT2D eigenvalue weighted by atomic mass is 10.1. The monoisotopic (exact) mass is 434 g/mol. The number of carbonyl (C=O) groups excluding carboxylic acids is 2. The molecule has 7 heteroatoms. The second kappa shape index (κ2) is 11.0. The van der Waals surface area contributed by atoms with E-state index in [0.717, 1.165) is 5.56 Å². The molecule has 2 amide bonds. The molecule has 2 rings (SSSR count). The molecule has 0 saturated heterocycles. The Morgan fingerprint density at radius 1 is 1.13 bits per heavy atom. The van der Waals surface area contributed by atoms with Gasteiger partial charge in [0, 0.05) is 23.7 Å². The Balaban J connectivity index is 2.26. The number of ether oxygens (including phenoxy) is 1. The largest absolute Gasteiger partial charge is 0.497 e. The van der Waals surface area contributed by atoms with Crippen molar-refractivity contribution in [2.45, 2.75) is 39.8 Å². The van der Waals surface area contributed by atoms with Crippen LogP contribution in [0.3, 0.4) is 0 Å². The molecule has 2 aromatic rings. The highest BCUT2D eigenvalue weighted by Gasteiger charge is 2.27. The van der Waals surface area contributed by atoms with Crippen LogP contribution in [-0.2, 0) is 22.6 Å². The maximum Gasteiger partial charge on any atom is 0.242 e. The first kappa shape index (κ1) is 23.7. The Labute approximate surface area is 182 Å². The van der Waals surface area contributed by atoms with Gasteiger partial charge in [0.1, 0.15) is 17.6 Å². The lowest BCUT2D eigenvalue weighted by molar-refractivity contribution is -0.140. The van der Waals surface area contributed by atoms with Crippen LogP contribution in [0.5, 0.6) is 5.75 Å². The smallest absolute Gasteiger partial charge is 0.242 e. The van der Waals surface area contributed by atoms with Crippen LogP contribution in [0.15, 0.2) is 42.5 Å². The molecule has 5 nitrogen and oxygen atoms in total. The molecule has 0 aliphatic heterocycles. The molecule has 162 valence electrons. The van der Waals surface area contributed by atoms with E-state index in [1.165, 1.54) is 17.0 Å². The Bertz CT molecular complexity index is 851. The van der Waals surface area contributed by atoms with Gasteiger partial charge in [0.2, 0.25) is 11.8 Å². The highest BCUT2D eigenvalue weighted by atomic mass is 35.5. The van der Waals surface area contributed by atoms with E-state index in [4.69, 9.17) is 16.3 Å². The molecule has 0 aromatic heterocycles. The summed E-state index contributed by atoms with van der Waals surface area (Å²) in [6.07, 6.45) is -0.233. The number of hydrogen-bond acceptors (Lipinski definition) is 3. The van der Waals surface area contributed by atoms with Gasteiger partial charge < -0.3 is 15.0 Å². The molecule has 0 aliphatic carbocycles. The molecule has 2 aromatic carbocycles. The van der Waals surface area contributed by atoms with Crippen LogP contribution in [0.2, 0.25) is 5.02 Å². The third kappa shape index (κ3) is 6.46. The van der Waals surface area contributed by atoms with E-state index in [0.29, 0.717) is 12.3 Å². The summed E-state index contributed by atoms with van der Waals surface area (Å²) >= 11 is 6.09. The number of rotatable bonds is 9. The Hall–Kier alpha value is -2.60. The predicted molar refractivity (Wildman–Crippen MR) is 116 cm³/mol. The molecular weight excluding hydrogens is 407 g/mol. The van der Waals surface area contributed by atoms with Gasteiger partial charge in [-0.2, -0.15) is 0 Å². The Morgan fingerprint density at radius 2 is 1.80 bits per heavy atom. The molecule has 30 heavy (non-hydrogen) atoms. The highest BCUT2D eigenvalue weighted by Crippen LogP contribution is 2.22. The van der Waals surface area contributed by atoms with Gasteiger partial charge in [-0.3, -0.25) is 9.59 Å². The van der Waals surface area contributed by atoms with Crippen LogP contribution < -0.4 is 10.1 Å². The third-order valence-electron chi connectivity index (χ3n) is 4.75. The number of nitrogens with zero attached hydrogens (tertiary/aromatic N) is 1. The normalized spacial score (nSPS) is 11.8. The minimum absolute atomic E-state index is 0.124. The van der Waals surface area contributed by atoms with Crippen LogP contribution in [0.25, 0.3) is 0 Å². The van der Waals surface area contributed by atoms with Gasteiger partial charge in [0.25, 0.3) is 0 Å². The minimum atomic E-state index is -0.732. The van der Waals surface area contributed by atoms with E-state index in [1.807, 2.05) is 26.0 Å². The van der Waals surface area contributed by atoms with E-state index in [2.05, 4.69) is 5.32 Å². The molecule has 0 bridgehead atoms. The number of methoxy groups -OCH3 is 1. The van der Waals surface area contributed by atoms with Crippen molar-refractivity contribution < 1.29 is 18.7 Å². The summed E-state index contributed by atoms with van der Waals surface area (Å²) in [7, 11) is 1.57. The lowest BCUT2D eigenvalue weighted by Crippen LogP contribution is -2.48. The van der Waals surface area contributed by atoms with E-state index >= 15 is 0 Å². The highest BCUT2D eigenvalue weighted by molar-refractivity contribution is 6.31. The summed E-state index contributed by atoms with van der Waals surface area (Å²) in [4.78, 5) is 27.2. The second-order valence-electron chi connectivity index (χ2n) is 7.56. The number of amides is 2. The van der Waals surface area contributed by atoms with E-state index in [1.54, 1.807) is 32.2 Å². The zero-order valence-corrected chi connectivity index (χ0v) is 18.5. The zero-order chi connectivity index (χ0) is 22.3. The van der Waals surface area contributed by atoms with Gasteiger partial charge in [-0.25, -0.2) is 4.39 Å². The number of hydrogen-bond donors (Lipinski definition) is 1. The molecule has 1 N–H and O–H groups in total. The fourth-order valence-electron chi connectivity index (χ4n) is 2.92. The standard InChI is InChI=1S/C23H28ClFN2O3/c1-15(2)13-26-23(29)16(3)27(14-17-8-10-18(30-4)11-9-17)22(28)12-19-20(24)6-5-7-21(19)25/h5-11,15-16H,12-14H2,1-4H3,(H,26,29)/t16-/m1/s1. The van der Waals surface area contributed by atoms with Gasteiger partial charge in [0.05, 0.1) is 13.5 Å². The summed E-state index contributed by atoms with van der Waals surface area (Å²) in [5, 5.41) is 3.04. The van der Waals surface area contributed by atoms with Crippen LogP contribution in [-0.4, -0.2) is 36.4 Å². The van der Waals surface area contributed by atoms with Crippen molar-refractivity contribution in [3.8, 4) is 5.75 Å². The minimum Gasteiger partial charge on any atom is -0.497 e. The molecule has 0 unspecified atom stereocenters. The maximum atomic E-state index is 14.2. The van der Waals surface area contributed by atoms with E-state index in [9.17, 15) is 14.0 Å². The number of nitrogens with one attached hydrogen (secondary N) is 1. The number of carbonyl (C=O) groups is 2. The van der Waals surface area contributed by atoms with E-state index in [-0.39, 0.29) is 41.3 Å².